The van der Waals surface area contributed by atoms with Crippen molar-refractivity contribution in [3.63, 3.8) is 0 Å². The van der Waals surface area contributed by atoms with Gasteiger partial charge in [0.05, 0.1) is 6.61 Å². The molecule has 1 heterocycles. The van der Waals surface area contributed by atoms with Crippen LogP contribution in [-0.4, -0.2) is 77.2 Å². The molecule has 31 heavy (non-hydrogen) atoms. The molecule has 0 N–H and O–H groups in total. The molecule has 0 amide bonds. The molecule has 0 spiro atoms. The summed E-state index contributed by atoms with van der Waals surface area (Å²) in [4.78, 5) is 0. The molecule has 1 saturated heterocycles. The Morgan fingerprint density at radius 3 is 1.55 bits per heavy atom. The first-order valence-corrected chi connectivity index (χ1v) is 24.8. The van der Waals surface area contributed by atoms with Gasteiger partial charge in [-0.25, -0.2) is 0 Å². The van der Waals surface area contributed by atoms with Gasteiger partial charge in [0.1, 0.15) is 31.0 Å². The molecule has 10 heteroatoms. The van der Waals surface area contributed by atoms with Gasteiger partial charge in [-0.05, 0) is 78.6 Å². The Kier molecular flexibility index (Phi) is 10.4. The topological polar surface area (TPSA) is 55.4 Å². The first-order valence-electron chi connectivity index (χ1n) is 11.2. The molecule has 0 bridgehead atoms. The molecular formula is C21H46O6Si4. The van der Waals surface area contributed by atoms with Crippen molar-refractivity contribution in [1.29, 1.82) is 0 Å². The van der Waals surface area contributed by atoms with Crippen LogP contribution in [0.5, 0.6) is 0 Å². The van der Waals surface area contributed by atoms with Gasteiger partial charge in [0.25, 0.3) is 0 Å². The first kappa shape index (κ1) is 29.2. The predicted molar refractivity (Wildman–Crippen MR) is 137 cm³/mol. The smallest absolute Gasteiger partial charge is 0.186 e. The van der Waals surface area contributed by atoms with Gasteiger partial charge in [-0.1, -0.05) is 5.92 Å². The Morgan fingerprint density at radius 1 is 0.677 bits per heavy atom. The van der Waals surface area contributed by atoms with Crippen LogP contribution in [0.1, 0.15) is 0 Å². The second-order valence-electron chi connectivity index (χ2n) is 12.1. The summed E-state index contributed by atoms with van der Waals surface area (Å²) in [6.45, 7) is 26.7. The molecule has 0 saturated carbocycles. The van der Waals surface area contributed by atoms with E-state index in [1.165, 1.54) is 0 Å². The lowest BCUT2D eigenvalue weighted by atomic mass is 9.99. The van der Waals surface area contributed by atoms with Crippen molar-refractivity contribution in [3.05, 3.63) is 0 Å². The zero-order valence-electron chi connectivity index (χ0n) is 21.8. The Bertz CT molecular complexity index is 597. The third kappa shape index (κ3) is 11.7. The van der Waals surface area contributed by atoms with E-state index in [-0.39, 0.29) is 24.9 Å². The maximum atomic E-state index is 6.75. The molecule has 182 valence electrons. The van der Waals surface area contributed by atoms with Crippen LogP contribution in [0, 0.1) is 12.3 Å². The molecule has 1 aliphatic rings. The molecule has 0 unspecified atom stereocenters. The summed E-state index contributed by atoms with van der Waals surface area (Å²) in [7, 11) is -7.56. The van der Waals surface area contributed by atoms with E-state index in [0.717, 1.165) is 0 Å². The van der Waals surface area contributed by atoms with Crippen LogP contribution >= 0.6 is 0 Å². The summed E-state index contributed by atoms with van der Waals surface area (Å²) in [5.41, 5.74) is 0. The van der Waals surface area contributed by atoms with Crippen molar-refractivity contribution >= 4 is 33.3 Å². The molecular weight excluding hydrogens is 461 g/mol. The molecule has 1 rings (SSSR count). The van der Waals surface area contributed by atoms with E-state index < -0.39 is 45.7 Å². The standard InChI is InChI=1S/C21H46O6Si4/c1-14-15-22-21-20(27-31(11,12)13)19(26-30(8,9)10)18(25-29(5,6)7)17(24-21)16-23-28(2,3)4/h1,17-21H,15-16H2,2-13H3/t17-,18-,19+,20+,21+/m1/s1. The third-order valence-corrected chi connectivity index (χ3v) is 8.04. The molecule has 0 aliphatic carbocycles. The number of hydrogen-bond donors (Lipinski definition) is 0. The van der Waals surface area contributed by atoms with Crippen LogP contribution in [-0.2, 0) is 27.2 Å². The molecule has 6 nitrogen and oxygen atoms in total. The number of rotatable bonds is 11. The van der Waals surface area contributed by atoms with Crippen molar-refractivity contribution in [2.45, 2.75) is 109 Å². The van der Waals surface area contributed by atoms with E-state index >= 15 is 0 Å². The summed E-state index contributed by atoms with van der Waals surface area (Å²) < 4.78 is 38.7. The second-order valence-corrected chi connectivity index (χ2v) is 30.0. The minimum Gasteiger partial charge on any atom is -0.415 e. The monoisotopic (exact) mass is 506 g/mol. The number of hydrogen-bond acceptors (Lipinski definition) is 6. The van der Waals surface area contributed by atoms with E-state index in [9.17, 15) is 0 Å². The second kappa shape index (κ2) is 11.1. The van der Waals surface area contributed by atoms with E-state index in [0.29, 0.717) is 6.61 Å². The van der Waals surface area contributed by atoms with Crippen LogP contribution in [0.4, 0.5) is 0 Å². The van der Waals surface area contributed by atoms with Gasteiger partial charge in [-0.2, -0.15) is 0 Å². The van der Waals surface area contributed by atoms with Gasteiger partial charge >= 0.3 is 0 Å². The maximum Gasteiger partial charge on any atom is 0.186 e. The van der Waals surface area contributed by atoms with Crippen molar-refractivity contribution in [1.82, 2.24) is 0 Å². The summed E-state index contributed by atoms with van der Waals surface area (Å²) in [5.74, 6) is 2.55. The van der Waals surface area contributed by atoms with Crippen molar-refractivity contribution in [2.75, 3.05) is 13.2 Å². The highest BCUT2D eigenvalue weighted by atomic mass is 28.4. The fraction of sp³-hybridized carbons (Fsp3) is 0.905. The third-order valence-electron chi connectivity index (χ3n) is 4.07. The van der Waals surface area contributed by atoms with Gasteiger partial charge in [0, 0.05) is 0 Å². The fourth-order valence-electron chi connectivity index (χ4n) is 3.24. The summed E-state index contributed by atoms with van der Waals surface area (Å²) >= 11 is 0. The SMILES string of the molecule is C#CCO[C@H]1O[C@H](CO[Si](C)(C)C)[C@@H](O[Si](C)(C)C)[C@H](O[Si](C)(C)C)[C@@H]1O[Si](C)(C)C. The Labute approximate surface area is 195 Å². The zero-order valence-corrected chi connectivity index (χ0v) is 25.8. The van der Waals surface area contributed by atoms with Crippen molar-refractivity contribution < 1.29 is 27.2 Å². The minimum atomic E-state index is -1.95. The van der Waals surface area contributed by atoms with E-state index in [2.05, 4.69) is 84.5 Å². The summed E-state index contributed by atoms with van der Waals surface area (Å²) in [5, 5.41) is 0. The lowest BCUT2D eigenvalue weighted by molar-refractivity contribution is -0.287. The normalized spacial score (nSPS) is 28.4. The molecule has 0 aromatic rings. The Morgan fingerprint density at radius 2 is 1.13 bits per heavy atom. The average molecular weight is 507 g/mol. The van der Waals surface area contributed by atoms with Crippen LogP contribution in [0.15, 0.2) is 0 Å². The molecule has 0 aromatic carbocycles. The minimum absolute atomic E-state index is 0.150. The lowest BCUT2D eigenvalue weighted by Crippen LogP contribution is -2.66. The molecule has 5 atom stereocenters. The van der Waals surface area contributed by atoms with Gasteiger partial charge < -0.3 is 27.2 Å². The summed E-state index contributed by atoms with van der Waals surface area (Å²) in [6, 6.07) is 0. The highest BCUT2D eigenvalue weighted by molar-refractivity contribution is 6.71. The zero-order chi connectivity index (χ0) is 24.3. The van der Waals surface area contributed by atoms with E-state index in [1.807, 2.05) is 0 Å². The van der Waals surface area contributed by atoms with E-state index in [4.69, 9.17) is 33.6 Å². The molecule has 0 aromatic heterocycles. The fourth-order valence-corrected chi connectivity index (χ4v) is 7.15. The first-order chi connectivity index (χ1) is 13.8. The predicted octanol–water partition coefficient (Wildman–Crippen LogP) is 4.87. The van der Waals surface area contributed by atoms with E-state index in [1.54, 1.807) is 0 Å². The van der Waals surface area contributed by atoms with Crippen LogP contribution in [0.3, 0.4) is 0 Å². The average Bonchev–Trinajstić information content (AvgIpc) is 2.51. The maximum absolute atomic E-state index is 6.75. The van der Waals surface area contributed by atoms with Gasteiger partial charge in [-0.3, -0.25) is 0 Å². The quantitative estimate of drug-likeness (QED) is 0.294. The molecule has 1 aliphatic heterocycles. The van der Waals surface area contributed by atoms with Crippen molar-refractivity contribution in [3.8, 4) is 12.3 Å². The largest absolute Gasteiger partial charge is 0.415 e. The molecule has 0 radical (unpaired) electrons. The Balaban J connectivity index is 3.42. The lowest BCUT2D eigenvalue weighted by Gasteiger charge is -2.50. The highest BCUT2D eigenvalue weighted by Gasteiger charge is 2.52. The van der Waals surface area contributed by atoms with Crippen LogP contribution in [0.25, 0.3) is 0 Å². The van der Waals surface area contributed by atoms with Gasteiger partial charge in [-0.15, -0.1) is 6.42 Å². The van der Waals surface area contributed by atoms with Gasteiger partial charge in [0.2, 0.25) is 0 Å². The molecule has 1 fully saturated rings. The number of terminal acetylenes is 1. The van der Waals surface area contributed by atoms with Crippen LogP contribution < -0.4 is 0 Å². The van der Waals surface area contributed by atoms with Crippen LogP contribution in [0.2, 0.25) is 78.6 Å². The highest BCUT2D eigenvalue weighted by Crippen LogP contribution is 2.34. The van der Waals surface area contributed by atoms with Gasteiger partial charge in [0.15, 0.2) is 39.6 Å². The Hall–Kier alpha value is 0.188. The van der Waals surface area contributed by atoms with Crippen molar-refractivity contribution in [2.24, 2.45) is 0 Å². The summed E-state index contributed by atoms with van der Waals surface area (Å²) in [6.07, 6.45) is 3.55. The number of ether oxygens (including phenoxy) is 2.